The van der Waals surface area contributed by atoms with Crippen LogP contribution in [0.3, 0.4) is 0 Å². The van der Waals surface area contributed by atoms with Gasteiger partial charge >= 0.3 is 0 Å². The van der Waals surface area contributed by atoms with Crippen molar-refractivity contribution < 1.29 is 14.1 Å². The molecule has 6 heteroatoms. The molecule has 2 amide bonds. The van der Waals surface area contributed by atoms with E-state index in [0.29, 0.717) is 29.6 Å². The number of rotatable bonds is 8. The molecule has 0 atom stereocenters. The van der Waals surface area contributed by atoms with Crippen LogP contribution in [-0.2, 0) is 4.79 Å². The van der Waals surface area contributed by atoms with Crippen LogP contribution in [0.25, 0.3) is 11.1 Å². The van der Waals surface area contributed by atoms with Gasteiger partial charge in [0.2, 0.25) is 5.91 Å². The van der Waals surface area contributed by atoms with Crippen LogP contribution in [0.1, 0.15) is 36.4 Å². The van der Waals surface area contributed by atoms with Crippen molar-refractivity contribution in [2.75, 3.05) is 18.4 Å². The second-order valence-corrected chi connectivity index (χ2v) is 7.72. The third-order valence-electron chi connectivity index (χ3n) is 4.73. The Kier molecular flexibility index (Phi) is 7.01. The van der Waals surface area contributed by atoms with E-state index in [9.17, 15) is 9.59 Å². The lowest BCUT2D eigenvalue weighted by atomic mass is 10.0. The highest BCUT2D eigenvalue weighted by Crippen LogP contribution is 2.20. The molecule has 0 bridgehead atoms. The number of anilines is 1. The average Bonchev–Trinajstić information content (AvgIpc) is 3.15. The number of carbonyl (C=O) groups is 2. The topological polar surface area (TPSA) is 75.4 Å². The second-order valence-electron chi connectivity index (χ2n) is 7.72. The quantitative estimate of drug-likeness (QED) is 0.585. The maximum atomic E-state index is 13.1. The lowest BCUT2D eigenvalue weighted by molar-refractivity contribution is -0.117. The molecule has 1 aromatic heterocycles. The lowest BCUT2D eigenvalue weighted by Crippen LogP contribution is -2.39. The van der Waals surface area contributed by atoms with E-state index in [4.69, 9.17) is 4.52 Å². The van der Waals surface area contributed by atoms with Crippen molar-refractivity contribution >= 4 is 17.6 Å². The Bertz CT molecular complexity index is 978. The monoisotopic (exact) mass is 405 g/mol. The van der Waals surface area contributed by atoms with Crippen molar-refractivity contribution in [3.8, 4) is 11.1 Å². The Morgan fingerprint density at radius 2 is 1.70 bits per heavy atom. The number of aromatic nitrogens is 1. The first-order chi connectivity index (χ1) is 14.4. The molecule has 3 aromatic rings. The predicted molar refractivity (Wildman–Crippen MR) is 117 cm³/mol. The van der Waals surface area contributed by atoms with E-state index in [-0.39, 0.29) is 18.4 Å². The summed E-state index contributed by atoms with van der Waals surface area (Å²) in [4.78, 5) is 27.2. The van der Waals surface area contributed by atoms with Crippen LogP contribution in [-0.4, -0.2) is 35.0 Å². The third kappa shape index (κ3) is 5.80. The number of aryl methyl sites for hydroxylation is 1. The van der Waals surface area contributed by atoms with Gasteiger partial charge in [-0.15, -0.1) is 0 Å². The molecule has 0 fully saturated rings. The number of nitrogens with one attached hydrogen (secondary N) is 1. The highest BCUT2D eigenvalue weighted by atomic mass is 16.5. The van der Waals surface area contributed by atoms with Crippen LogP contribution in [0, 0.1) is 12.8 Å². The molecule has 6 nitrogen and oxygen atoms in total. The van der Waals surface area contributed by atoms with E-state index in [0.717, 1.165) is 17.5 Å². The minimum absolute atomic E-state index is 0.0438. The number of hydrogen-bond donors (Lipinski definition) is 1. The predicted octanol–water partition coefficient (Wildman–Crippen LogP) is 4.78. The molecule has 0 unspecified atom stereocenters. The fourth-order valence-corrected chi connectivity index (χ4v) is 3.07. The van der Waals surface area contributed by atoms with E-state index < -0.39 is 0 Å². The van der Waals surface area contributed by atoms with Crippen LogP contribution < -0.4 is 5.32 Å². The van der Waals surface area contributed by atoms with Gasteiger partial charge in [-0.3, -0.25) is 9.59 Å². The van der Waals surface area contributed by atoms with E-state index in [1.54, 1.807) is 17.9 Å². The normalized spacial score (nSPS) is 10.8. The smallest absolute Gasteiger partial charge is 0.254 e. The van der Waals surface area contributed by atoms with E-state index in [1.165, 1.54) is 0 Å². The van der Waals surface area contributed by atoms with Gasteiger partial charge in [0, 0.05) is 18.2 Å². The largest absolute Gasteiger partial charge is 0.360 e. The van der Waals surface area contributed by atoms with Crippen molar-refractivity contribution in [3.63, 3.8) is 0 Å². The second kappa shape index (κ2) is 9.87. The molecule has 0 aliphatic rings. The highest BCUT2D eigenvalue weighted by Gasteiger charge is 2.20. The molecule has 0 saturated carbocycles. The maximum absolute atomic E-state index is 13.1. The van der Waals surface area contributed by atoms with Gasteiger partial charge in [-0.25, -0.2) is 0 Å². The molecule has 30 heavy (non-hydrogen) atoms. The summed E-state index contributed by atoms with van der Waals surface area (Å²) in [6.45, 7) is 6.39. The number of amides is 2. The van der Waals surface area contributed by atoms with Gasteiger partial charge < -0.3 is 14.7 Å². The standard InChI is InChI=1S/C24H27N3O3/c1-17(2)13-14-27(16-23(28)25-22-15-18(3)30-26-22)24(29)21-11-9-20(10-12-21)19-7-5-4-6-8-19/h4-12,15,17H,13-14,16H2,1-3H3,(H,25,26,28). The number of benzene rings is 2. The summed E-state index contributed by atoms with van der Waals surface area (Å²) in [5.41, 5.74) is 2.69. The zero-order chi connectivity index (χ0) is 21.5. The van der Waals surface area contributed by atoms with Crippen molar-refractivity contribution in [2.24, 2.45) is 5.92 Å². The number of hydrogen-bond acceptors (Lipinski definition) is 4. The highest BCUT2D eigenvalue weighted by molar-refractivity contribution is 5.99. The van der Waals surface area contributed by atoms with Gasteiger partial charge in [0.15, 0.2) is 5.82 Å². The molecular formula is C24H27N3O3. The molecule has 0 spiro atoms. The molecule has 0 aliphatic heterocycles. The van der Waals surface area contributed by atoms with Crippen LogP contribution in [0.5, 0.6) is 0 Å². The first-order valence-electron chi connectivity index (χ1n) is 10.1. The van der Waals surface area contributed by atoms with Gasteiger partial charge in [0.1, 0.15) is 12.3 Å². The van der Waals surface area contributed by atoms with Gasteiger partial charge in [0.25, 0.3) is 5.91 Å². The van der Waals surface area contributed by atoms with E-state index in [2.05, 4.69) is 24.3 Å². The molecule has 1 N–H and O–H groups in total. The summed E-state index contributed by atoms with van der Waals surface area (Å²) in [6, 6.07) is 19.1. The summed E-state index contributed by atoms with van der Waals surface area (Å²) < 4.78 is 4.97. The first-order valence-corrected chi connectivity index (χ1v) is 10.1. The summed E-state index contributed by atoms with van der Waals surface area (Å²) in [5, 5.41) is 6.45. The van der Waals surface area contributed by atoms with Gasteiger partial charge in [-0.2, -0.15) is 0 Å². The van der Waals surface area contributed by atoms with Crippen LogP contribution in [0.4, 0.5) is 5.82 Å². The molecule has 0 radical (unpaired) electrons. The summed E-state index contributed by atoms with van der Waals surface area (Å²) in [6.07, 6.45) is 0.810. The lowest BCUT2D eigenvalue weighted by Gasteiger charge is -2.23. The minimum Gasteiger partial charge on any atom is -0.360 e. The molecule has 156 valence electrons. The number of nitrogens with zero attached hydrogens (tertiary/aromatic N) is 2. The summed E-state index contributed by atoms with van der Waals surface area (Å²) in [5.74, 6) is 0.905. The minimum atomic E-state index is -0.304. The molecule has 1 heterocycles. The number of carbonyl (C=O) groups excluding carboxylic acids is 2. The SMILES string of the molecule is Cc1cc(NC(=O)CN(CCC(C)C)C(=O)c2ccc(-c3ccccc3)cc2)no1. The fourth-order valence-electron chi connectivity index (χ4n) is 3.07. The molecular weight excluding hydrogens is 378 g/mol. The van der Waals surface area contributed by atoms with E-state index >= 15 is 0 Å². The zero-order valence-electron chi connectivity index (χ0n) is 17.6. The molecule has 0 saturated heterocycles. The summed E-state index contributed by atoms with van der Waals surface area (Å²) in [7, 11) is 0. The Hall–Kier alpha value is -3.41. The van der Waals surface area contributed by atoms with E-state index in [1.807, 2.05) is 54.6 Å². The Balaban J connectivity index is 1.71. The van der Waals surface area contributed by atoms with Crippen molar-refractivity contribution in [2.45, 2.75) is 27.2 Å². The Labute approximate surface area is 176 Å². The Morgan fingerprint density at radius 1 is 1.03 bits per heavy atom. The average molecular weight is 405 g/mol. The first kappa shape index (κ1) is 21.3. The van der Waals surface area contributed by atoms with Crippen molar-refractivity contribution in [1.82, 2.24) is 10.1 Å². The zero-order valence-corrected chi connectivity index (χ0v) is 17.6. The molecule has 3 rings (SSSR count). The van der Waals surface area contributed by atoms with Crippen LogP contribution in [0.15, 0.2) is 65.2 Å². The van der Waals surface area contributed by atoms with Crippen molar-refractivity contribution in [1.29, 1.82) is 0 Å². The maximum Gasteiger partial charge on any atom is 0.254 e. The van der Waals surface area contributed by atoms with Crippen LogP contribution in [0.2, 0.25) is 0 Å². The fraction of sp³-hybridized carbons (Fsp3) is 0.292. The third-order valence-corrected chi connectivity index (χ3v) is 4.73. The molecule has 0 aliphatic carbocycles. The Morgan fingerprint density at radius 3 is 2.30 bits per heavy atom. The van der Waals surface area contributed by atoms with Gasteiger partial charge in [0.05, 0.1) is 0 Å². The molecule has 2 aromatic carbocycles. The van der Waals surface area contributed by atoms with Crippen LogP contribution >= 0.6 is 0 Å². The van der Waals surface area contributed by atoms with Gasteiger partial charge in [-0.05, 0) is 42.5 Å². The summed E-state index contributed by atoms with van der Waals surface area (Å²) >= 11 is 0. The van der Waals surface area contributed by atoms with Crippen molar-refractivity contribution in [3.05, 3.63) is 72.0 Å². The van der Waals surface area contributed by atoms with Gasteiger partial charge in [-0.1, -0.05) is 61.5 Å².